The fourth-order valence-corrected chi connectivity index (χ4v) is 2.55. The van der Waals surface area contributed by atoms with Crippen LogP contribution in [-0.4, -0.2) is 44.4 Å². The zero-order valence-corrected chi connectivity index (χ0v) is 12.5. The van der Waals surface area contributed by atoms with E-state index < -0.39 is 10.2 Å². The van der Waals surface area contributed by atoms with Gasteiger partial charge in [-0.15, -0.1) is 0 Å². The van der Waals surface area contributed by atoms with Crippen molar-refractivity contribution in [1.82, 2.24) is 14.6 Å². The molecule has 1 heterocycles. The van der Waals surface area contributed by atoms with Crippen LogP contribution in [0, 0.1) is 6.92 Å². The lowest BCUT2D eigenvalue weighted by Crippen LogP contribution is -2.34. The van der Waals surface area contributed by atoms with Gasteiger partial charge >= 0.3 is 10.2 Å². The first-order chi connectivity index (χ1) is 8.97. The summed E-state index contributed by atoms with van der Waals surface area (Å²) in [7, 11) is -1.94. The molecule has 0 saturated heterocycles. The van der Waals surface area contributed by atoms with Gasteiger partial charge in [0.2, 0.25) is 0 Å². The lowest BCUT2D eigenvalue weighted by molar-refractivity contribution is 0.459. The van der Waals surface area contributed by atoms with E-state index in [-0.39, 0.29) is 0 Å². The Kier molecular flexibility index (Phi) is 6.20. The van der Waals surface area contributed by atoms with Crippen molar-refractivity contribution in [2.45, 2.75) is 20.3 Å². The Hall–Kier alpha value is -1.18. The van der Waals surface area contributed by atoms with Crippen molar-refractivity contribution >= 4 is 15.9 Å². The molecule has 0 aliphatic rings. The molecule has 0 aromatic carbocycles. The second kappa shape index (κ2) is 7.42. The van der Waals surface area contributed by atoms with E-state index >= 15 is 0 Å². The van der Waals surface area contributed by atoms with Crippen LogP contribution in [0.1, 0.15) is 19.0 Å². The second-order valence-corrected chi connectivity index (χ2v) is 6.05. The van der Waals surface area contributed by atoms with Gasteiger partial charge in [-0.1, -0.05) is 6.92 Å². The van der Waals surface area contributed by atoms with Gasteiger partial charge in [0.1, 0.15) is 0 Å². The first kappa shape index (κ1) is 15.9. The topological polar surface area (TPSA) is 74.3 Å². The smallest absolute Gasteiger partial charge is 0.301 e. The molecule has 0 amide bonds. The maximum atomic E-state index is 12.1. The highest BCUT2D eigenvalue weighted by Crippen LogP contribution is 2.13. The lowest BCUT2D eigenvalue weighted by atomic mass is 10.3. The Morgan fingerprint density at radius 3 is 2.79 bits per heavy atom. The number of aryl methyl sites for hydroxylation is 1. The fraction of sp³-hybridized carbons (Fsp3) is 0.583. The third kappa shape index (κ3) is 5.14. The molecule has 0 aliphatic heterocycles. The van der Waals surface area contributed by atoms with E-state index in [0.29, 0.717) is 17.9 Å². The van der Waals surface area contributed by atoms with Crippen molar-refractivity contribution in [2.75, 3.05) is 31.4 Å². The van der Waals surface area contributed by atoms with Crippen molar-refractivity contribution in [3.8, 4) is 0 Å². The normalized spacial score (nSPS) is 11.8. The molecule has 0 radical (unpaired) electrons. The van der Waals surface area contributed by atoms with E-state index in [1.165, 1.54) is 4.31 Å². The van der Waals surface area contributed by atoms with Crippen LogP contribution in [0.25, 0.3) is 0 Å². The summed E-state index contributed by atoms with van der Waals surface area (Å²) in [5, 5.41) is 3.16. The quantitative estimate of drug-likeness (QED) is 0.699. The number of nitrogens with one attached hydrogen (secondary N) is 2. The van der Waals surface area contributed by atoms with Gasteiger partial charge in [0, 0.05) is 19.8 Å². The summed E-state index contributed by atoms with van der Waals surface area (Å²) in [6.45, 7) is 5.96. The van der Waals surface area contributed by atoms with Crippen molar-refractivity contribution < 1.29 is 8.42 Å². The maximum Gasteiger partial charge on any atom is 0.301 e. The summed E-state index contributed by atoms with van der Waals surface area (Å²) >= 11 is 0. The molecule has 0 spiro atoms. The van der Waals surface area contributed by atoms with E-state index in [2.05, 4.69) is 15.0 Å². The Balaban J connectivity index is 2.58. The van der Waals surface area contributed by atoms with Crippen LogP contribution >= 0.6 is 0 Å². The Labute approximate surface area is 115 Å². The number of pyridine rings is 1. The standard InChI is InChI=1S/C12H22N4O2S/c1-4-13-8-6-10-16(3)19(17,18)15-12-7-5-9-14-11(12)2/h5,7,9,13,15H,4,6,8,10H2,1-3H3. The molecule has 0 atom stereocenters. The highest BCUT2D eigenvalue weighted by atomic mass is 32.2. The monoisotopic (exact) mass is 286 g/mol. The second-order valence-electron chi connectivity index (χ2n) is 4.27. The minimum absolute atomic E-state index is 0.474. The van der Waals surface area contributed by atoms with E-state index in [1.807, 2.05) is 6.92 Å². The van der Waals surface area contributed by atoms with Gasteiger partial charge in [-0.05, 0) is 38.6 Å². The summed E-state index contributed by atoms with van der Waals surface area (Å²) in [5.74, 6) is 0. The Bertz CT molecular complexity index is 490. The van der Waals surface area contributed by atoms with Gasteiger partial charge in [-0.2, -0.15) is 12.7 Å². The molecule has 2 N–H and O–H groups in total. The van der Waals surface area contributed by atoms with Crippen LogP contribution in [0.3, 0.4) is 0 Å². The molecule has 0 unspecified atom stereocenters. The van der Waals surface area contributed by atoms with E-state index in [9.17, 15) is 8.42 Å². The number of nitrogens with zero attached hydrogens (tertiary/aromatic N) is 2. The molecule has 1 aromatic heterocycles. The third-order valence-corrected chi connectivity index (χ3v) is 4.21. The molecular formula is C12H22N4O2S. The van der Waals surface area contributed by atoms with Gasteiger partial charge in [0.05, 0.1) is 11.4 Å². The third-order valence-electron chi connectivity index (χ3n) is 2.73. The van der Waals surface area contributed by atoms with Crippen LogP contribution in [0.2, 0.25) is 0 Å². The van der Waals surface area contributed by atoms with Gasteiger partial charge in [-0.3, -0.25) is 9.71 Å². The summed E-state index contributed by atoms with van der Waals surface area (Å²) in [4.78, 5) is 4.05. The van der Waals surface area contributed by atoms with E-state index in [4.69, 9.17) is 0 Å². The van der Waals surface area contributed by atoms with Gasteiger partial charge < -0.3 is 5.32 Å². The van der Waals surface area contributed by atoms with Crippen molar-refractivity contribution in [3.05, 3.63) is 24.0 Å². The number of anilines is 1. The predicted octanol–water partition coefficient (Wildman–Crippen LogP) is 0.978. The van der Waals surface area contributed by atoms with Crippen LogP contribution in [0.5, 0.6) is 0 Å². The first-order valence-corrected chi connectivity index (χ1v) is 7.77. The minimum Gasteiger partial charge on any atom is -0.317 e. The molecular weight excluding hydrogens is 264 g/mol. The zero-order chi connectivity index (χ0) is 14.3. The summed E-state index contributed by atoms with van der Waals surface area (Å²) in [6.07, 6.45) is 2.41. The molecule has 0 bridgehead atoms. The Morgan fingerprint density at radius 1 is 1.42 bits per heavy atom. The maximum absolute atomic E-state index is 12.1. The molecule has 6 nitrogen and oxygen atoms in total. The summed E-state index contributed by atoms with van der Waals surface area (Å²) < 4.78 is 28.0. The molecule has 108 valence electrons. The van der Waals surface area contributed by atoms with Crippen LogP contribution in [-0.2, 0) is 10.2 Å². The van der Waals surface area contributed by atoms with Crippen LogP contribution in [0.4, 0.5) is 5.69 Å². The highest BCUT2D eigenvalue weighted by Gasteiger charge is 2.17. The largest absolute Gasteiger partial charge is 0.317 e. The minimum atomic E-state index is -3.51. The van der Waals surface area contributed by atoms with E-state index in [1.54, 1.807) is 32.3 Å². The lowest BCUT2D eigenvalue weighted by Gasteiger charge is -2.18. The van der Waals surface area contributed by atoms with Crippen molar-refractivity contribution in [1.29, 1.82) is 0 Å². The summed E-state index contributed by atoms with van der Waals surface area (Å²) in [5.41, 5.74) is 1.17. The molecule has 7 heteroatoms. The predicted molar refractivity (Wildman–Crippen MR) is 77.3 cm³/mol. The summed E-state index contributed by atoms with van der Waals surface area (Å²) in [6, 6.07) is 3.41. The van der Waals surface area contributed by atoms with Crippen LogP contribution < -0.4 is 10.0 Å². The van der Waals surface area contributed by atoms with Gasteiger partial charge in [0.15, 0.2) is 0 Å². The SMILES string of the molecule is CCNCCCN(C)S(=O)(=O)Nc1cccnc1C. The van der Waals surface area contributed by atoms with Crippen LogP contribution in [0.15, 0.2) is 18.3 Å². The molecule has 0 aliphatic carbocycles. The first-order valence-electron chi connectivity index (χ1n) is 6.33. The number of hydrogen-bond acceptors (Lipinski definition) is 4. The average molecular weight is 286 g/mol. The molecule has 0 fully saturated rings. The average Bonchev–Trinajstić information content (AvgIpc) is 2.37. The number of aromatic nitrogens is 1. The molecule has 1 rings (SSSR count). The van der Waals surface area contributed by atoms with Crippen molar-refractivity contribution in [3.63, 3.8) is 0 Å². The van der Waals surface area contributed by atoms with Gasteiger partial charge in [-0.25, -0.2) is 0 Å². The molecule has 19 heavy (non-hydrogen) atoms. The molecule has 0 saturated carbocycles. The van der Waals surface area contributed by atoms with Gasteiger partial charge in [0.25, 0.3) is 0 Å². The highest BCUT2D eigenvalue weighted by molar-refractivity contribution is 7.90. The van der Waals surface area contributed by atoms with Crippen molar-refractivity contribution in [2.24, 2.45) is 0 Å². The number of rotatable bonds is 8. The van der Waals surface area contributed by atoms with E-state index in [0.717, 1.165) is 19.5 Å². The number of hydrogen-bond donors (Lipinski definition) is 2. The Morgan fingerprint density at radius 2 is 2.16 bits per heavy atom. The zero-order valence-electron chi connectivity index (χ0n) is 11.7. The molecule has 1 aromatic rings. The fourth-order valence-electron chi connectivity index (χ4n) is 1.53.